The summed E-state index contributed by atoms with van der Waals surface area (Å²) in [7, 11) is 1.65. The van der Waals surface area contributed by atoms with Gasteiger partial charge in [0, 0.05) is 6.42 Å². The fourth-order valence-electron chi connectivity index (χ4n) is 2.03. The van der Waals surface area contributed by atoms with Crippen molar-refractivity contribution in [1.29, 1.82) is 0 Å². The Morgan fingerprint density at radius 2 is 2.11 bits per heavy atom. The molecule has 1 saturated heterocycles. The Kier molecular flexibility index (Phi) is 4.20. The molecule has 0 spiro atoms. The summed E-state index contributed by atoms with van der Waals surface area (Å²) in [4.78, 5) is 11.8. The number of nitrogens with one attached hydrogen (secondary N) is 2. The van der Waals surface area contributed by atoms with Gasteiger partial charge in [0.2, 0.25) is 5.91 Å². The van der Waals surface area contributed by atoms with Gasteiger partial charge in [-0.1, -0.05) is 12.1 Å². The van der Waals surface area contributed by atoms with Crippen molar-refractivity contribution in [3.8, 4) is 5.75 Å². The first-order valence-corrected chi connectivity index (χ1v) is 6.33. The quantitative estimate of drug-likeness (QED) is 0.830. The molecular weight excluding hydrogens is 228 g/mol. The second-order valence-electron chi connectivity index (χ2n) is 4.79. The van der Waals surface area contributed by atoms with Crippen LogP contribution in [0.15, 0.2) is 24.3 Å². The van der Waals surface area contributed by atoms with Crippen LogP contribution in [0.1, 0.15) is 24.9 Å². The highest BCUT2D eigenvalue weighted by Gasteiger charge is 2.20. The van der Waals surface area contributed by atoms with Crippen LogP contribution < -0.4 is 15.4 Å². The van der Waals surface area contributed by atoms with E-state index >= 15 is 0 Å². The molecule has 1 heterocycles. The van der Waals surface area contributed by atoms with Crippen LogP contribution in [0.5, 0.6) is 5.75 Å². The van der Waals surface area contributed by atoms with Crippen molar-refractivity contribution in [1.82, 2.24) is 10.6 Å². The first-order valence-electron chi connectivity index (χ1n) is 6.33. The summed E-state index contributed by atoms with van der Waals surface area (Å²) in [6.45, 7) is 3.92. The van der Waals surface area contributed by atoms with Gasteiger partial charge in [0.1, 0.15) is 5.75 Å². The Labute approximate surface area is 108 Å². The van der Waals surface area contributed by atoms with E-state index in [1.807, 2.05) is 31.2 Å². The van der Waals surface area contributed by atoms with E-state index < -0.39 is 0 Å². The van der Waals surface area contributed by atoms with Gasteiger partial charge in [-0.15, -0.1) is 0 Å². The maximum atomic E-state index is 11.8. The number of amides is 1. The summed E-state index contributed by atoms with van der Waals surface area (Å²) in [5.41, 5.74) is 1.09. The smallest absolute Gasteiger partial charge is 0.220 e. The second-order valence-corrected chi connectivity index (χ2v) is 4.79. The SMILES string of the molecule is COc1ccc([C@H](C)NC(=O)CC2CNC2)cc1. The molecule has 1 amide bonds. The minimum atomic E-state index is 0.0384. The Bertz CT molecular complexity index is 399. The van der Waals surface area contributed by atoms with Gasteiger partial charge in [0.25, 0.3) is 0 Å². The van der Waals surface area contributed by atoms with Crippen LogP contribution in [0, 0.1) is 5.92 Å². The van der Waals surface area contributed by atoms with Crippen molar-refractivity contribution in [3.05, 3.63) is 29.8 Å². The predicted octanol–water partition coefficient (Wildman–Crippen LogP) is 1.48. The minimum Gasteiger partial charge on any atom is -0.497 e. The van der Waals surface area contributed by atoms with Crippen LogP contribution in [0.4, 0.5) is 0 Å². The van der Waals surface area contributed by atoms with Crippen molar-refractivity contribution in [2.24, 2.45) is 5.92 Å². The van der Waals surface area contributed by atoms with Gasteiger partial charge in [0.05, 0.1) is 13.2 Å². The molecule has 2 N–H and O–H groups in total. The Morgan fingerprint density at radius 3 is 2.61 bits per heavy atom. The van der Waals surface area contributed by atoms with Crippen LogP contribution in [-0.4, -0.2) is 26.1 Å². The molecule has 1 aliphatic heterocycles. The lowest BCUT2D eigenvalue weighted by atomic mass is 9.98. The molecule has 1 aromatic rings. The van der Waals surface area contributed by atoms with E-state index in [1.165, 1.54) is 0 Å². The number of hydrogen-bond donors (Lipinski definition) is 2. The van der Waals surface area contributed by atoms with E-state index in [2.05, 4.69) is 10.6 Å². The fourth-order valence-corrected chi connectivity index (χ4v) is 2.03. The molecule has 0 bridgehead atoms. The van der Waals surface area contributed by atoms with Gasteiger partial charge >= 0.3 is 0 Å². The first-order chi connectivity index (χ1) is 8.69. The van der Waals surface area contributed by atoms with E-state index in [9.17, 15) is 4.79 Å². The maximum Gasteiger partial charge on any atom is 0.220 e. The lowest BCUT2D eigenvalue weighted by Gasteiger charge is -2.27. The lowest BCUT2D eigenvalue weighted by Crippen LogP contribution is -2.44. The average molecular weight is 248 g/mol. The zero-order chi connectivity index (χ0) is 13.0. The van der Waals surface area contributed by atoms with E-state index in [0.717, 1.165) is 24.4 Å². The van der Waals surface area contributed by atoms with Crippen LogP contribution >= 0.6 is 0 Å². The molecule has 0 aliphatic carbocycles. The van der Waals surface area contributed by atoms with Gasteiger partial charge < -0.3 is 15.4 Å². The molecule has 0 saturated carbocycles. The largest absolute Gasteiger partial charge is 0.497 e. The molecule has 0 aromatic heterocycles. The van der Waals surface area contributed by atoms with E-state index in [-0.39, 0.29) is 11.9 Å². The van der Waals surface area contributed by atoms with E-state index in [0.29, 0.717) is 12.3 Å². The molecule has 0 radical (unpaired) electrons. The first kappa shape index (κ1) is 12.9. The molecule has 98 valence electrons. The second kappa shape index (κ2) is 5.87. The van der Waals surface area contributed by atoms with Gasteiger partial charge in [-0.3, -0.25) is 4.79 Å². The number of methoxy groups -OCH3 is 1. The molecular formula is C14H20N2O2. The highest BCUT2D eigenvalue weighted by atomic mass is 16.5. The highest BCUT2D eigenvalue weighted by Crippen LogP contribution is 2.18. The summed E-state index contributed by atoms with van der Waals surface area (Å²) in [5, 5.41) is 6.20. The van der Waals surface area contributed by atoms with Crippen LogP contribution in [0.3, 0.4) is 0 Å². The third-order valence-corrected chi connectivity index (χ3v) is 3.33. The third-order valence-electron chi connectivity index (χ3n) is 3.33. The molecule has 1 aromatic carbocycles. The van der Waals surface area contributed by atoms with Crippen molar-refractivity contribution in [2.75, 3.05) is 20.2 Å². The zero-order valence-electron chi connectivity index (χ0n) is 10.9. The standard InChI is InChI=1S/C14H20N2O2/c1-10(12-3-5-13(18-2)6-4-12)16-14(17)7-11-8-15-9-11/h3-6,10-11,15H,7-9H2,1-2H3,(H,16,17)/t10-/m0/s1. The number of benzene rings is 1. The van der Waals surface area contributed by atoms with Crippen molar-refractivity contribution < 1.29 is 9.53 Å². The van der Waals surface area contributed by atoms with Gasteiger partial charge in [0.15, 0.2) is 0 Å². The molecule has 1 fully saturated rings. The Balaban J connectivity index is 1.85. The maximum absolute atomic E-state index is 11.8. The molecule has 1 aliphatic rings. The van der Waals surface area contributed by atoms with Crippen molar-refractivity contribution in [3.63, 3.8) is 0 Å². The molecule has 0 unspecified atom stereocenters. The van der Waals surface area contributed by atoms with Crippen LogP contribution in [-0.2, 0) is 4.79 Å². The predicted molar refractivity (Wildman–Crippen MR) is 70.5 cm³/mol. The third kappa shape index (κ3) is 3.23. The molecule has 4 nitrogen and oxygen atoms in total. The molecule has 1 atom stereocenters. The molecule has 4 heteroatoms. The molecule has 18 heavy (non-hydrogen) atoms. The van der Waals surface area contributed by atoms with Gasteiger partial charge in [-0.2, -0.15) is 0 Å². The number of hydrogen-bond acceptors (Lipinski definition) is 3. The summed E-state index contributed by atoms with van der Waals surface area (Å²) in [6, 6.07) is 7.82. The zero-order valence-corrected chi connectivity index (χ0v) is 10.9. The lowest BCUT2D eigenvalue weighted by molar-refractivity contribution is -0.123. The molecule has 2 rings (SSSR count). The number of ether oxygens (including phenoxy) is 1. The van der Waals surface area contributed by atoms with Crippen molar-refractivity contribution in [2.45, 2.75) is 19.4 Å². The summed E-state index contributed by atoms with van der Waals surface area (Å²) in [5.74, 6) is 1.47. The Hall–Kier alpha value is -1.55. The number of carbonyl (C=O) groups is 1. The summed E-state index contributed by atoms with van der Waals surface area (Å²) >= 11 is 0. The number of rotatable bonds is 5. The minimum absolute atomic E-state index is 0.0384. The summed E-state index contributed by atoms with van der Waals surface area (Å²) < 4.78 is 5.11. The van der Waals surface area contributed by atoms with Crippen LogP contribution in [0.2, 0.25) is 0 Å². The Morgan fingerprint density at radius 1 is 1.44 bits per heavy atom. The van der Waals surface area contributed by atoms with Crippen LogP contribution in [0.25, 0.3) is 0 Å². The van der Waals surface area contributed by atoms with Crippen molar-refractivity contribution >= 4 is 5.91 Å². The topological polar surface area (TPSA) is 50.4 Å². The summed E-state index contributed by atoms with van der Waals surface area (Å²) in [6.07, 6.45) is 0.619. The van der Waals surface area contributed by atoms with E-state index in [4.69, 9.17) is 4.74 Å². The van der Waals surface area contributed by atoms with E-state index in [1.54, 1.807) is 7.11 Å². The monoisotopic (exact) mass is 248 g/mol. The van der Waals surface area contributed by atoms with Gasteiger partial charge in [-0.25, -0.2) is 0 Å². The fraction of sp³-hybridized carbons (Fsp3) is 0.500. The normalized spacial score (nSPS) is 16.8. The van der Waals surface area contributed by atoms with Gasteiger partial charge in [-0.05, 0) is 43.6 Å². The number of carbonyl (C=O) groups excluding carboxylic acids is 1. The average Bonchev–Trinajstić information content (AvgIpc) is 2.34. The highest BCUT2D eigenvalue weighted by molar-refractivity contribution is 5.76.